The van der Waals surface area contributed by atoms with E-state index in [9.17, 15) is 9.50 Å². The molecule has 1 atom stereocenters. The Bertz CT molecular complexity index is 433. The summed E-state index contributed by atoms with van der Waals surface area (Å²) in [5.41, 5.74) is 0.680. The fourth-order valence-corrected chi connectivity index (χ4v) is 2.61. The van der Waals surface area contributed by atoms with E-state index in [2.05, 4.69) is 29.0 Å². The van der Waals surface area contributed by atoms with Crippen molar-refractivity contribution in [3.63, 3.8) is 0 Å². The first-order valence-corrected chi connectivity index (χ1v) is 7.69. The maximum atomic E-state index is 13.8. The molecule has 1 heterocycles. The van der Waals surface area contributed by atoms with Gasteiger partial charge in [-0.3, -0.25) is 4.90 Å². The highest BCUT2D eigenvalue weighted by atomic mass is 19.1. The van der Waals surface area contributed by atoms with Crippen molar-refractivity contribution in [3.8, 4) is 0 Å². The fourth-order valence-electron chi connectivity index (χ4n) is 2.61. The van der Waals surface area contributed by atoms with E-state index in [1.807, 2.05) is 12.1 Å². The highest BCUT2D eigenvalue weighted by molar-refractivity contribution is 5.47. The molecular weight excluding hydrogens is 269 g/mol. The van der Waals surface area contributed by atoms with Crippen molar-refractivity contribution in [1.82, 2.24) is 10.2 Å². The number of nitrogens with one attached hydrogen (secondary N) is 1. The van der Waals surface area contributed by atoms with Gasteiger partial charge >= 0.3 is 0 Å². The van der Waals surface area contributed by atoms with Crippen molar-refractivity contribution in [3.05, 3.63) is 30.1 Å². The second-order valence-corrected chi connectivity index (χ2v) is 5.96. The largest absolute Gasteiger partial charge is 0.390 e. The quantitative estimate of drug-likeness (QED) is 0.830. The van der Waals surface area contributed by atoms with E-state index < -0.39 is 0 Å². The zero-order chi connectivity index (χ0) is 15.2. The molecule has 2 N–H and O–H groups in total. The van der Waals surface area contributed by atoms with Crippen molar-refractivity contribution in [2.24, 2.45) is 0 Å². The minimum atomic E-state index is -0.354. The van der Waals surface area contributed by atoms with Crippen molar-refractivity contribution in [2.75, 3.05) is 44.2 Å². The number of hydrogen-bond acceptors (Lipinski definition) is 4. The van der Waals surface area contributed by atoms with Crippen LogP contribution >= 0.6 is 0 Å². The monoisotopic (exact) mass is 295 g/mol. The fraction of sp³-hybridized carbons (Fsp3) is 0.625. The van der Waals surface area contributed by atoms with Crippen molar-refractivity contribution in [1.29, 1.82) is 0 Å². The van der Waals surface area contributed by atoms with Gasteiger partial charge in [0.15, 0.2) is 0 Å². The van der Waals surface area contributed by atoms with Gasteiger partial charge in [0.05, 0.1) is 11.8 Å². The third-order valence-corrected chi connectivity index (χ3v) is 3.80. The van der Waals surface area contributed by atoms with E-state index in [0.717, 1.165) is 26.2 Å². The Balaban J connectivity index is 1.77. The Morgan fingerprint density at radius 1 is 1.19 bits per heavy atom. The first-order chi connectivity index (χ1) is 10.1. The summed E-state index contributed by atoms with van der Waals surface area (Å²) in [5.74, 6) is -0.160. The van der Waals surface area contributed by atoms with Gasteiger partial charge in [-0.1, -0.05) is 26.0 Å². The average Bonchev–Trinajstić information content (AvgIpc) is 2.47. The molecule has 0 saturated carbocycles. The third kappa shape index (κ3) is 4.95. The van der Waals surface area contributed by atoms with E-state index in [1.54, 1.807) is 6.07 Å². The summed E-state index contributed by atoms with van der Waals surface area (Å²) in [6, 6.07) is 7.30. The normalized spacial score (nSPS) is 18.2. The zero-order valence-corrected chi connectivity index (χ0v) is 12.9. The van der Waals surface area contributed by atoms with Crippen LogP contribution in [0.1, 0.15) is 13.8 Å². The van der Waals surface area contributed by atoms with Crippen LogP contribution in [-0.2, 0) is 0 Å². The standard InChI is InChI=1S/C16H26FN3O/c1-13(2)18-11-14(21)12-19-7-9-20(10-8-19)16-6-4-3-5-15(16)17/h3-6,13-14,18,21H,7-12H2,1-2H3. The van der Waals surface area contributed by atoms with Gasteiger partial charge in [-0.25, -0.2) is 4.39 Å². The summed E-state index contributed by atoms with van der Waals surface area (Å²) in [4.78, 5) is 4.31. The molecule has 0 bridgehead atoms. The number of halogens is 1. The Morgan fingerprint density at radius 2 is 1.86 bits per heavy atom. The number of hydrogen-bond donors (Lipinski definition) is 2. The van der Waals surface area contributed by atoms with E-state index in [-0.39, 0.29) is 11.9 Å². The van der Waals surface area contributed by atoms with Crippen LogP contribution in [0.3, 0.4) is 0 Å². The molecule has 2 rings (SSSR count). The number of aliphatic hydroxyl groups excluding tert-OH is 1. The van der Waals surface area contributed by atoms with Crippen LogP contribution in [-0.4, -0.2) is 61.4 Å². The van der Waals surface area contributed by atoms with E-state index >= 15 is 0 Å². The van der Waals surface area contributed by atoms with Crippen LogP contribution in [0.2, 0.25) is 0 Å². The summed E-state index contributed by atoms with van der Waals surface area (Å²) in [7, 11) is 0. The predicted octanol–water partition coefficient (Wildman–Crippen LogP) is 1.31. The summed E-state index contributed by atoms with van der Waals surface area (Å²) >= 11 is 0. The van der Waals surface area contributed by atoms with Gasteiger partial charge in [0.1, 0.15) is 5.82 Å². The molecule has 4 nitrogen and oxygen atoms in total. The highest BCUT2D eigenvalue weighted by Gasteiger charge is 2.20. The van der Waals surface area contributed by atoms with Gasteiger partial charge in [0, 0.05) is 45.3 Å². The van der Waals surface area contributed by atoms with E-state index in [1.165, 1.54) is 6.07 Å². The Morgan fingerprint density at radius 3 is 2.48 bits per heavy atom. The molecule has 0 spiro atoms. The van der Waals surface area contributed by atoms with Crippen LogP contribution < -0.4 is 10.2 Å². The summed E-state index contributed by atoms with van der Waals surface area (Å²) < 4.78 is 13.8. The summed E-state index contributed by atoms with van der Waals surface area (Å²) in [6.45, 7) is 8.73. The molecule has 1 fully saturated rings. The molecule has 0 aliphatic carbocycles. The van der Waals surface area contributed by atoms with Gasteiger partial charge in [0.2, 0.25) is 0 Å². The minimum absolute atomic E-state index is 0.160. The van der Waals surface area contributed by atoms with E-state index in [0.29, 0.717) is 24.8 Å². The molecule has 1 saturated heterocycles. The number of piperazine rings is 1. The zero-order valence-electron chi connectivity index (χ0n) is 12.9. The lowest BCUT2D eigenvalue weighted by Gasteiger charge is -2.37. The molecule has 1 aromatic carbocycles. The van der Waals surface area contributed by atoms with Crippen LogP contribution in [0.15, 0.2) is 24.3 Å². The topological polar surface area (TPSA) is 38.7 Å². The third-order valence-electron chi connectivity index (χ3n) is 3.80. The smallest absolute Gasteiger partial charge is 0.146 e. The number of benzene rings is 1. The lowest BCUT2D eigenvalue weighted by molar-refractivity contribution is 0.106. The number of para-hydroxylation sites is 1. The van der Waals surface area contributed by atoms with Gasteiger partial charge < -0.3 is 15.3 Å². The van der Waals surface area contributed by atoms with Crippen molar-refractivity contribution >= 4 is 5.69 Å². The first-order valence-electron chi connectivity index (χ1n) is 7.69. The van der Waals surface area contributed by atoms with Gasteiger partial charge in [0.25, 0.3) is 0 Å². The predicted molar refractivity (Wildman–Crippen MR) is 84.2 cm³/mol. The van der Waals surface area contributed by atoms with Gasteiger partial charge in [-0.2, -0.15) is 0 Å². The second-order valence-electron chi connectivity index (χ2n) is 5.96. The molecular formula is C16H26FN3O. The van der Waals surface area contributed by atoms with E-state index in [4.69, 9.17) is 0 Å². The molecule has 118 valence electrons. The minimum Gasteiger partial charge on any atom is -0.390 e. The summed E-state index contributed by atoms with van der Waals surface area (Å²) in [5, 5.41) is 13.2. The molecule has 1 aliphatic rings. The molecule has 0 radical (unpaired) electrons. The molecule has 1 aromatic rings. The summed E-state index contributed by atoms with van der Waals surface area (Å²) in [6.07, 6.45) is -0.354. The van der Waals surface area contributed by atoms with Crippen molar-refractivity contribution < 1.29 is 9.50 Å². The number of anilines is 1. The van der Waals surface area contributed by atoms with Gasteiger partial charge in [-0.15, -0.1) is 0 Å². The second kappa shape index (κ2) is 7.73. The SMILES string of the molecule is CC(C)NCC(O)CN1CCN(c2ccccc2F)CC1. The van der Waals surface area contributed by atoms with Crippen LogP contribution in [0.5, 0.6) is 0 Å². The number of nitrogens with zero attached hydrogens (tertiary/aromatic N) is 2. The maximum Gasteiger partial charge on any atom is 0.146 e. The van der Waals surface area contributed by atoms with Crippen LogP contribution in [0.4, 0.5) is 10.1 Å². The molecule has 21 heavy (non-hydrogen) atoms. The van der Waals surface area contributed by atoms with Gasteiger partial charge in [-0.05, 0) is 12.1 Å². The number of rotatable bonds is 6. The van der Waals surface area contributed by atoms with Crippen molar-refractivity contribution in [2.45, 2.75) is 26.0 Å². The molecule has 0 aromatic heterocycles. The lowest BCUT2D eigenvalue weighted by atomic mass is 10.2. The lowest BCUT2D eigenvalue weighted by Crippen LogP contribution is -2.50. The molecule has 5 heteroatoms. The number of aliphatic hydroxyl groups is 1. The molecule has 1 unspecified atom stereocenters. The Hall–Kier alpha value is -1.17. The number of β-amino-alcohol motifs (C(OH)–C–C–N with tert-alkyl or cyclic N) is 1. The average molecular weight is 295 g/mol. The van der Waals surface area contributed by atoms with Crippen LogP contribution in [0, 0.1) is 5.82 Å². The molecule has 0 amide bonds. The van der Waals surface area contributed by atoms with Crippen LogP contribution in [0.25, 0.3) is 0 Å². The Labute approximate surface area is 126 Å². The highest BCUT2D eigenvalue weighted by Crippen LogP contribution is 2.20. The molecule has 1 aliphatic heterocycles. The Kier molecular flexibility index (Phi) is 5.96. The maximum absolute atomic E-state index is 13.8. The first kappa shape index (κ1) is 16.2.